The third-order valence-corrected chi connectivity index (χ3v) is 5.79. The molecule has 0 radical (unpaired) electrons. The molecule has 1 aliphatic rings. The van der Waals surface area contributed by atoms with Crippen molar-refractivity contribution in [1.82, 2.24) is 25.4 Å². The maximum atomic E-state index is 12.7. The normalized spacial score (nSPS) is 13.9. The molecule has 0 unspecified atom stereocenters. The van der Waals surface area contributed by atoms with Gasteiger partial charge in [0.15, 0.2) is 5.82 Å². The van der Waals surface area contributed by atoms with Gasteiger partial charge < -0.3 is 15.2 Å². The van der Waals surface area contributed by atoms with Crippen LogP contribution < -0.4 is 10.6 Å². The number of halogens is 1. The van der Waals surface area contributed by atoms with Crippen molar-refractivity contribution >= 4 is 39.5 Å². The topological polar surface area (TPSA) is 88.9 Å². The molecule has 3 rings (SSSR count). The van der Waals surface area contributed by atoms with E-state index in [1.54, 1.807) is 30.0 Å². The molecule has 0 aliphatic carbocycles. The van der Waals surface area contributed by atoms with E-state index < -0.39 is 6.04 Å². The van der Waals surface area contributed by atoms with Gasteiger partial charge in [-0.3, -0.25) is 9.59 Å². The summed E-state index contributed by atoms with van der Waals surface area (Å²) in [7, 11) is 0. The fourth-order valence-corrected chi connectivity index (χ4v) is 3.95. The van der Waals surface area contributed by atoms with E-state index in [1.165, 1.54) is 0 Å². The number of nitrogens with zero attached hydrogens (tertiary/aromatic N) is 3. The number of fused-ring (bicyclic) bond motifs is 1. The van der Waals surface area contributed by atoms with E-state index in [0.717, 1.165) is 36.8 Å². The highest BCUT2D eigenvalue weighted by molar-refractivity contribution is 9.10. The first-order valence-corrected chi connectivity index (χ1v) is 11.0. The minimum absolute atomic E-state index is 0.209. The third kappa shape index (κ3) is 4.90. The standard InChI is InChI=1S/C18H22BrN5O2S/c1-27-10-8-14(21-17(25)12-5-2-3-6-13(12)19)18(26)20-11-16-23-22-15-7-4-9-24(15)16/h2-3,5-6,14H,4,7-11H2,1H3,(H,20,26)(H,21,25)/t14-/m0/s1. The Morgan fingerprint density at radius 2 is 2.15 bits per heavy atom. The zero-order chi connectivity index (χ0) is 19.2. The van der Waals surface area contributed by atoms with Crippen molar-refractivity contribution in [3.8, 4) is 0 Å². The van der Waals surface area contributed by atoms with Crippen molar-refractivity contribution in [3.63, 3.8) is 0 Å². The predicted octanol–water partition coefficient (Wildman–Crippen LogP) is 2.15. The molecule has 1 aliphatic heterocycles. The lowest BCUT2D eigenvalue weighted by molar-refractivity contribution is -0.123. The Morgan fingerprint density at radius 1 is 1.33 bits per heavy atom. The van der Waals surface area contributed by atoms with Crippen LogP contribution in [-0.2, 0) is 24.3 Å². The Morgan fingerprint density at radius 3 is 2.93 bits per heavy atom. The van der Waals surface area contributed by atoms with Gasteiger partial charge in [0.25, 0.3) is 5.91 Å². The molecule has 0 bridgehead atoms. The van der Waals surface area contributed by atoms with Gasteiger partial charge in [0.2, 0.25) is 5.91 Å². The summed E-state index contributed by atoms with van der Waals surface area (Å²) >= 11 is 5.02. The Bertz CT molecular complexity index is 826. The van der Waals surface area contributed by atoms with E-state index in [0.29, 0.717) is 23.0 Å². The second-order valence-electron chi connectivity index (χ2n) is 6.29. The fourth-order valence-electron chi connectivity index (χ4n) is 3.02. The van der Waals surface area contributed by atoms with Crippen LogP contribution in [0.5, 0.6) is 0 Å². The number of hydrogen-bond acceptors (Lipinski definition) is 5. The Kier molecular flexibility index (Phi) is 6.89. The van der Waals surface area contributed by atoms with Crippen LogP contribution in [0.25, 0.3) is 0 Å². The number of nitrogens with one attached hydrogen (secondary N) is 2. The van der Waals surface area contributed by atoms with E-state index in [4.69, 9.17) is 0 Å². The summed E-state index contributed by atoms with van der Waals surface area (Å²) in [5, 5.41) is 14.1. The SMILES string of the molecule is CSCC[C@H](NC(=O)c1ccccc1Br)C(=O)NCc1nnc2n1CCC2. The van der Waals surface area contributed by atoms with Crippen LogP contribution in [0, 0.1) is 0 Å². The van der Waals surface area contributed by atoms with E-state index in [9.17, 15) is 9.59 Å². The van der Waals surface area contributed by atoms with E-state index in [-0.39, 0.29) is 11.8 Å². The summed E-state index contributed by atoms with van der Waals surface area (Å²) in [4.78, 5) is 25.3. The maximum Gasteiger partial charge on any atom is 0.253 e. The largest absolute Gasteiger partial charge is 0.347 e. The smallest absolute Gasteiger partial charge is 0.253 e. The lowest BCUT2D eigenvalue weighted by Crippen LogP contribution is -2.47. The molecule has 0 spiro atoms. The van der Waals surface area contributed by atoms with Crippen molar-refractivity contribution in [2.24, 2.45) is 0 Å². The monoisotopic (exact) mass is 451 g/mol. The lowest BCUT2D eigenvalue weighted by atomic mass is 10.1. The van der Waals surface area contributed by atoms with Crippen LogP contribution in [-0.4, -0.2) is 44.6 Å². The summed E-state index contributed by atoms with van der Waals surface area (Å²) in [6, 6.07) is 6.57. The molecule has 0 saturated carbocycles. The number of carbonyl (C=O) groups excluding carboxylic acids is 2. The zero-order valence-corrected chi connectivity index (χ0v) is 17.5. The van der Waals surface area contributed by atoms with Crippen LogP contribution in [0.15, 0.2) is 28.7 Å². The van der Waals surface area contributed by atoms with Crippen molar-refractivity contribution in [1.29, 1.82) is 0 Å². The Balaban J connectivity index is 1.63. The fraction of sp³-hybridized carbons (Fsp3) is 0.444. The van der Waals surface area contributed by atoms with Crippen LogP contribution in [0.1, 0.15) is 34.8 Å². The molecule has 2 N–H and O–H groups in total. The minimum atomic E-state index is -0.599. The number of amides is 2. The second kappa shape index (κ2) is 9.36. The van der Waals surface area contributed by atoms with Gasteiger partial charge in [0.05, 0.1) is 12.1 Å². The lowest BCUT2D eigenvalue weighted by Gasteiger charge is -2.18. The van der Waals surface area contributed by atoms with Gasteiger partial charge in [-0.1, -0.05) is 12.1 Å². The van der Waals surface area contributed by atoms with Crippen molar-refractivity contribution < 1.29 is 9.59 Å². The molecule has 0 saturated heterocycles. The molecular formula is C18H22BrN5O2S. The van der Waals surface area contributed by atoms with Gasteiger partial charge in [-0.05, 0) is 52.9 Å². The molecule has 2 aromatic rings. The molecule has 2 heterocycles. The first-order chi connectivity index (χ1) is 13.1. The van der Waals surface area contributed by atoms with E-state index in [1.807, 2.05) is 12.3 Å². The van der Waals surface area contributed by atoms with Crippen LogP contribution in [0.4, 0.5) is 0 Å². The van der Waals surface area contributed by atoms with Gasteiger partial charge in [0, 0.05) is 17.4 Å². The molecule has 2 amide bonds. The summed E-state index contributed by atoms with van der Waals surface area (Å²) in [5.74, 6) is 2.03. The molecule has 144 valence electrons. The van der Waals surface area contributed by atoms with Crippen molar-refractivity contribution in [3.05, 3.63) is 46.0 Å². The average Bonchev–Trinajstić information content (AvgIpc) is 3.27. The number of thioether (sulfide) groups is 1. The summed E-state index contributed by atoms with van der Waals surface area (Å²) < 4.78 is 2.75. The maximum absolute atomic E-state index is 12.7. The second-order valence-corrected chi connectivity index (χ2v) is 8.13. The molecule has 9 heteroatoms. The molecule has 1 atom stereocenters. The van der Waals surface area contributed by atoms with E-state index in [2.05, 4.69) is 41.3 Å². The number of carbonyl (C=O) groups is 2. The van der Waals surface area contributed by atoms with Crippen LogP contribution in [0.2, 0.25) is 0 Å². The first-order valence-electron chi connectivity index (χ1n) is 8.83. The highest BCUT2D eigenvalue weighted by Gasteiger charge is 2.23. The average molecular weight is 452 g/mol. The summed E-state index contributed by atoms with van der Waals surface area (Å²) in [6.07, 6.45) is 4.52. The molecule has 27 heavy (non-hydrogen) atoms. The molecule has 1 aromatic carbocycles. The quantitative estimate of drug-likeness (QED) is 0.641. The number of aromatic nitrogens is 3. The Labute approximate surface area is 170 Å². The minimum Gasteiger partial charge on any atom is -0.347 e. The van der Waals surface area contributed by atoms with Gasteiger partial charge in [0.1, 0.15) is 11.9 Å². The molecule has 1 aromatic heterocycles. The van der Waals surface area contributed by atoms with Crippen molar-refractivity contribution in [2.75, 3.05) is 12.0 Å². The van der Waals surface area contributed by atoms with Crippen LogP contribution in [0.3, 0.4) is 0 Å². The molecule has 7 nitrogen and oxygen atoms in total. The number of hydrogen-bond donors (Lipinski definition) is 2. The van der Waals surface area contributed by atoms with E-state index >= 15 is 0 Å². The number of benzene rings is 1. The summed E-state index contributed by atoms with van der Waals surface area (Å²) in [5.41, 5.74) is 0.509. The summed E-state index contributed by atoms with van der Waals surface area (Å²) in [6.45, 7) is 1.20. The number of aryl methyl sites for hydroxylation is 1. The van der Waals surface area contributed by atoms with Gasteiger partial charge in [-0.2, -0.15) is 11.8 Å². The third-order valence-electron chi connectivity index (χ3n) is 4.46. The number of rotatable bonds is 8. The van der Waals surface area contributed by atoms with Gasteiger partial charge >= 0.3 is 0 Å². The van der Waals surface area contributed by atoms with Gasteiger partial charge in [-0.15, -0.1) is 10.2 Å². The molecular weight excluding hydrogens is 430 g/mol. The highest BCUT2D eigenvalue weighted by Crippen LogP contribution is 2.16. The van der Waals surface area contributed by atoms with Crippen LogP contribution >= 0.6 is 27.7 Å². The molecule has 0 fully saturated rings. The predicted molar refractivity (Wildman–Crippen MR) is 109 cm³/mol. The van der Waals surface area contributed by atoms with Crippen molar-refractivity contribution in [2.45, 2.75) is 38.4 Å². The van der Waals surface area contributed by atoms with Gasteiger partial charge in [-0.25, -0.2) is 0 Å². The zero-order valence-electron chi connectivity index (χ0n) is 15.1. The highest BCUT2D eigenvalue weighted by atomic mass is 79.9. The first kappa shape index (κ1) is 19.9. The Hall–Kier alpha value is -1.87.